The molecule has 4 aromatic carbocycles. The summed E-state index contributed by atoms with van der Waals surface area (Å²) in [5.74, 6) is 0. The Morgan fingerprint density at radius 1 is 0.631 bits per heavy atom. The second-order valence-corrected chi connectivity index (χ2v) is 19.4. The number of rotatable bonds is 12. The number of hydrogen-bond acceptors (Lipinski definition) is 6. The highest BCUT2D eigenvalue weighted by Crippen LogP contribution is 2.36. The van der Waals surface area contributed by atoms with Crippen molar-refractivity contribution < 1.29 is 28.6 Å². The standard InChI is InChI=1S/C27H33Cl2N3O4.C23H28Cl2N2O2/c1-27(2,3)36-26(34)31-14-6-13-30(15-16-31)25(33)32-17-21(18-32)35-24(19-9-11-20(28)12-10-19)22-7-4-5-8-23(22)29;1-3-4-7-14-26(2)23(28)27-15-19(16-27)29-22(17-10-12-18(24)13-11-17)20-8-5-6-9-21(20)25/h4-5,7-12,21,24H,6,13-18H2,1-3H3;5-6,8-13,19,22H,3-4,7,14-16H2,1-2H3. The number of amides is 5. The average Bonchev–Trinajstić information content (AvgIpc) is 3.51. The highest BCUT2D eigenvalue weighted by Gasteiger charge is 2.38. The second-order valence-electron chi connectivity index (χ2n) is 17.7. The van der Waals surface area contributed by atoms with Crippen LogP contribution in [0, 0.1) is 0 Å². The molecule has 350 valence electrons. The highest BCUT2D eigenvalue weighted by atomic mass is 35.5. The minimum atomic E-state index is -0.542. The predicted molar refractivity (Wildman–Crippen MR) is 259 cm³/mol. The highest BCUT2D eigenvalue weighted by molar-refractivity contribution is 6.32. The van der Waals surface area contributed by atoms with Gasteiger partial charge in [-0.15, -0.1) is 0 Å². The Morgan fingerprint density at radius 2 is 1.09 bits per heavy atom. The van der Waals surface area contributed by atoms with Crippen LogP contribution >= 0.6 is 46.4 Å². The minimum Gasteiger partial charge on any atom is -0.444 e. The molecule has 0 bridgehead atoms. The Hall–Kier alpha value is -4.23. The van der Waals surface area contributed by atoms with Crippen molar-refractivity contribution in [2.45, 2.75) is 83.4 Å². The van der Waals surface area contributed by atoms with E-state index in [0.29, 0.717) is 78.9 Å². The molecule has 7 rings (SSSR count). The molecule has 3 saturated heterocycles. The number of benzene rings is 4. The van der Waals surface area contributed by atoms with Gasteiger partial charge < -0.3 is 38.7 Å². The number of carbonyl (C=O) groups excluding carboxylic acids is 3. The first-order valence-electron chi connectivity index (χ1n) is 22.4. The van der Waals surface area contributed by atoms with Gasteiger partial charge in [-0.1, -0.05) is 127 Å². The third-order valence-corrected chi connectivity index (χ3v) is 12.6. The van der Waals surface area contributed by atoms with E-state index < -0.39 is 5.60 Å². The van der Waals surface area contributed by atoms with Gasteiger partial charge >= 0.3 is 18.2 Å². The molecule has 0 radical (unpaired) electrons. The molecule has 0 N–H and O–H groups in total. The van der Waals surface area contributed by atoms with Crippen molar-refractivity contribution >= 4 is 64.6 Å². The van der Waals surface area contributed by atoms with Crippen LogP contribution in [-0.2, 0) is 14.2 Å². The molecule has 0 saturated carbocycles. The lowest BCUT2D eigenvalue weighted by Crippen LogP contribution is -2.59. The molecular formula is C50H61Cl4N5O6. The topological polar surface area (TPSA) is 95.1 Å². The molecule has 5 amide bonds. The molecular weight excluding hydrogens is 908 g/mol. The molecule has 3 heterocycles. The van der Waals surface area contributed by atoms with Gasteiger partial charge in [-0.05, 0) is 81.1 Å². The maximum Gasteiger partial charge on any atom is 0.410 e. The fourth-order valence-corrected chi connectivity index (χ4v) is 8.53. The zero-order chi connectivity index (χ0) is 46.7. The van der Waals surface area contributed by atoms with Gasteiger partial charge in [-0.25, -0.2) is 14.4 Å². The average molecular weight is 970 g/mol. The first-order chi connectivity index (χ1) is 31.1. The second kappa shape index (κ2) is 23.5. The molecule has 11 nitrogen and oxygen atoms in total. The third kappa shape index (κ3) is 14.1. The number of urea groups is 2. The predicted octanol–water partition coefficient (Wildman–Crippen LogP) is 11.9. The van der Waals surface area contributed by atoms with Crippen molar-refractivity contribution in [1.82, 2.24) is 24.5 Å². The first-order valence-corrected chi connectivity index (χ1v) is 23.9. The lowest BCUT2D eigenvalue weighted by molar-refractivity contribution is -0.0685. The van der Waals surface area contributed by atoms with Crippen LogP contribution in [0.5, 0.6) is 0 Å². The molecule has 0 aliphatic carbocycles. The fourth-order valence-electron chi connectivity index (χ4n) is 7.81. The third-order valence-electron chi connectivity index (χ3n) is 11.5. The van der Waals surface area contributed by atoms with Crippen LogP contribution in [0.15, 0.2) is 97.1 Å². The Morgan fingerprint density at radius 3 is 1.57 bits per heavy atom. The van der Waals surface area contributed by atoms with Gasteiger partial charge in [0.1, 0.15) is 17.8 Å². The van der Waals surface area contributed by atoms with Crippen LogP contribution in [0.2, 0.25) is 20.1 Å². The van der Waals surface area contributed by atoms with Crippen LogP contribution < -0.4 is 0 Å². The van der Waals surface area contributed by atoms with Crippen molar-refractivity contribution in [3.05, 3.63) is 139 Å². The van der Waals surface area contributed by atoms with E-state index in [1.165, 1.54) is 0 Å². The van der Waals surface area contributed by atoms with Gasteiger partial charge in [-0.2, -0.15) is 0 Å². The van der Waals surface area contributed by atoms with Crippen LogP contribution in [0.1, 0.15) is 87.8 Å². The molecule has 0 spiro atoms. The molecule has 65 heavy (non-hydrogen) atoms. The lowest BCUT2D eigenvalue weighted by atomic mass is 10.0. The van der Waals surface area contributed by atoms with Crippen molar-refractivity contribution in [1.29, 1.82) is 0 Å². The molecule has 2 atom stereocenters. The maximum atomic E-state index is 13.1. The normalized spacial score (nSPS) is 16.6. The van der Waals surface area contributed by atoms with E-state index in [0.717, 1.165) is 48.1 Å². The van der Waals surface area contributed by atoms with Crippen molar-refractivity contribution in [2.75, 3.05) is 66.0 Å². The fraction of sp³-hybridized carbons (Fsp3) is 0.460. The van der Waals surface area contributed by atoms with E-state index in [1.54, 1.807) is 14.7 Å². The minimum absolute atomic E-state index is 0.0262. The number of carbonyl (C=O) groups is 3. The van der Waals surface area contributed by atoms with E-state index in [2.05, 4.69) is 6.92 Å². The zero-order valence-corrected chi connectivity index (χ0v) is 41.0. The monoisotopic (exact) mass is 967 g/mol. The van der Waals surface area contributed by atoms with Gasteiger partial charge in [0.05, 0.1) is 38.4 Å². The number of hydrogen-bond donors (Lipinski definition) is 0. The Labute approximate surface area is 404 Å². The quantitative estimate of drug-likeness (QED) is 0.131. The van der Waals surface area contributed by atoms with Gasteiger partial charge in [0.15, 0.2) is 0 Å². The van der Waals surface area contributed by atoms with E-state index in [9.17, 15) is 14.4 Å². The zero-order valence-electron chi connectivity index (χ0n) is 37.9. The summed E-state index contributed by atoms with van der Waals surface area (Å²) in [6.45, 7) is 12.8. The van der Waals surface area contributed by atoms with Gasteiger partial charge in [0.25, 0.3) is 0 Å². The van der Waals surface area contributed by atoms with Crippen molar-refractivity contribution in [2.24, 2.45) is 0 Å². The van der Waals surface area contributed by atoms with E-state index >= 15 is 0 Å². The van der Waals surface area contributed by atoms with E-state index in [1.807, 2.05) is 135 Å². The van der Waals surface area contributed by atoms with Crippen LogP contribution in [0.25, 0.3) is 0 Å². The Bertz CT molecular complexity index is 2180. The summed E-state index contributed by atoms with van der Waals surface area (Å²) >= 11 is 25.1. The molecule has 3 aliphatic rings. The summed E-state index contributed by atoms with van der Waals surface area (Å²) in [5.41, 5.74) is 3.19. The molecule has 2 unspecified atom stereocenters. The summed E-state index contributed by atoms with van der Waals surface area (Å²) in [4.78, 5) is 47.0. The molecule has 4 aromatic rings. The molecule has 3 aliphatic heterocycles. The first kappa shape index (κ1) is 50.2. The largest absolute Gasteiger partial charge is 0.444 e. The summed E-state index contributed by atoms with van der Waals surface area (Å²) < 4.78 is 18.3. The summed E-state index contributed by atoms with van der Waals surface area (Å²) in [6, 6.07) is 30.5. The molecule has 0 aromatic heterocycles. The smallest absolute Gasteiger partial charge is 0.410 e. The summed E-state index contributed by atoms with van der Waals surface area (Å²) in [5, 5.41) is 2.62. The molecule has 15 heteroatoms. The van der Waals surface area contributed by atoms with E-state index in [4.69, 9.17) is 60.6 Å². The number of unbranched alkanes of at least 4 members (excludes halogenated alkanes) is 2. The summed E-state index contributed by atoms with van der Waals surface area (Å²) in [7, 11) is 1.87. The summed E-state index contributed by atoms with van der Waals surface area (Å²) in [6.07, 6.45) is 2.91. The SMILES string of the molecule is CC(C)(C)OC(=O)N1CCCN(C(=O)N2CC(OC(c3ccc(Cl)cc3)c3ccccc3Cl)C2)CC1.CCCCCN(C)C(=O)N1CC(OC(c2ccc(Cl)cc2)c2ccccc2Cl)C1. The Balaban J connectivity index is 0.000000221. The maximum absolute atomic E-state index is 13.1. The van der Waals surface area contributed by atoms with Crippen LogP contribution in [0.4, 0.5) is 14.4 Å². The van der Waals surface area contributed by atoms with Crippen LogP contribution in [-0.4, -0.2) is 126 Å². The van der Waals surface area contributed by atoms with Gasteiger partial charge in [-0.3, -0.25) is 0 Å². The van der Waals surface area contributed by atoms with Crippen molar-refractivity contribution in [3.63, 3.8) is 0 Å². The lowest BCUT2D eigenvalue weighted by Gasteiger charge is -2.43. The number of nitrogens with zero attached hydrogens (tertiary/aromatic N) is 5. The number of likely N-dealkylation sites (tertiary alicyclic amines) is 2. The Kier molecular flexibility index (Phi) is 18.1. The van der Waals surface area contributed by atoms with Gasteiger partial charge in [0, 0.05) is 71.0 Å². The number of halogens is 4. The number of ether oxygens (including phenoxy) is 3. The van der Waals surface area contributed by atoms with Crippen molar-refractivity contribution in [3.8, 4) is 0 Å². The van der Waals surface area contributed by atoms with E-state index in [-0.39, 0.29) is 42.6 Å². The van der Waals surface area contributed by atoms with Gasteiger partial charge in [0.2, 0.25) is 0 Å². The van der Waals surface area contributed by atoms with Crippen LogP contribution in [0.3, 0.4) is 0 Å². The molecule has 3 fully saturated rings.